The molecule has 0 aliphatic carbocycles. The predicted octanol–water partition coefficient (Wildman–Crippen LogP) is 4.91. The van der Waals surface area contributed by atoms with E-state index in [0.717, 1.165) is 60.1 Å². The van der Waals surface area contributed by atoms with Crippen molar-refractivity contribution < 1.29 is 9.53 Å². The van der Waals surface area contributed by atoms with Crippen molar-refractivity contribution in [2.24, 2.45) is 0 Å². The van der Waals surface area contributed by atoms with Gasteiger partial charge in [-0.3, -0.25) is 4.79 Å². The Labute approximate surface area is 220 Å². The Morgan fingerprint density at radius 2 is 1.61 bits per heavy atom. The molecule has 1 fully saturated rings. The largest absolute Gasteiger partial charge is 0.378 e. The lowest BCUT2D eigenvalue weighted by Crippen LogP contribution is -2.37. The summed E-state index contributed by atoms with van der Waals surface area (Å²) in [4.78, 5) is 19.9. The lowest BCUT2D eigenvalue weighted by molar-refractivity contribution is 0.0950. The van der Waals surface area contributed by atoms with E-state index >= 15 is 0 Å². The van der Waals surface area contributed by atoms with Gasteiger partial charge in [-0.25, -0.2) is 4.52 Å². The van der Waals surface area contributed by atoms with Crippen molar-refractivity contribution in [1.29, 1.82) is 0 Å². The number of amides is 1. The number of morpholine rings is 1. The van der Waals surface area contributed by atoms with Gasteiger partial charge in [-0.15, -0.1) is 5.10 Å². The number of aromatic nitrogens is 3. The van der Waals surface area contributed by atoms with Crippen LogP contribution in [0, 0.1) is 0 Å². The summed E-state index contributed by atoms with van der Waals surface area (Å²) in [6.07, 6.45) is 0. The van der Waals surface area contributed by atoms with Gasteiger partial charge >= 0.3 is 0 Å². The third-order valence-electron chi connectivity index (χ3n) is 6.62. The maximum atomic E-state index is 13.0. The van der Waals surface area contributed by atoms with Crippen LogP contribution in [-0.4, -0.2) is 46.8 Å². The molecule has 2 N–H and O–H groups in total. The molecule has 0 bridgehead atoms. The summed E-state index contributed by atoms with van der Waals surface area (Å²) in [5.41, 5.74) is 6.35. The molecule has 0 atom stereocenters. The fraction of sp³-hybridized carbons (Fsp3) is 0.167. The zero-order valence-electron chi connectivity index (χ0n) is 20.9. The smallest absolute Gasteiger partial charge is 0.251 e. The molecule has 3 aromatic carbocycles. The normalized spacial score (nSPS) is 13.4. The number of ether oxygens (including phenoxy) is 1. The van der Waals surface area contributed by atoms with E-state index in [1.807, 2.05) is 89.4 Å². The first-order valence-corrected chi connectivity index (χ1v) is 12.7. The van der Waals surface area contributed by atoms with E-state index in [0.29, 0.717) is 18.1 Å². The SMILES string of the molecule is O=C(NCc1ccccc1N1CCOCC1)c1ccc(-c2cccc3nc(Nc4ccccc4)nn23)cc1. The highest BCUT2D eigenvalue weighted by Gasteiger charge is 2.15. The van der Waals surface area contributed by atoms with E-state index in [1.165, 1.54) is 0 Å². The minimum Gasteiger partial charge on any atom is -0.378 e. The topological polar surface area (TPSA) is 83.8 Å². The van der Waals surface area contributed by atoms with E-state index in [4.69, 9.17) is 4.74 Å². The Bertz CT molecular complexity index is 1540. The highest BCUT2D eigenvalue weighted by Crippen LogP contribution is 2.24. The quantitative estimate of drug-likeness (QED) is 0.328. The zero-order valence-corrected chi connectivity index (χ0v) is 20.9. The fourth-order valence-corrected chi connectivity index (χ4v) is 4.67. The molecular weight excluding hydrogens is 476 g/mol. The molecule has 0 saturated carbocycles. The van der Waals surface area contributed by atoms with Crippen LogP contribution in [0.15, 0.2) is 97.1 Å². The molecular formula is C30H28N6O2. The van der Waals surface area contributed by atoms with Crippen molar-refractivity contribution in [3.05, 3.63) is 108 Å². The van der Waals surface area contributed by atoms with Gasteiger partial charge in [-0.05, 0) is 48.0 Å². The highest BCUT2D eigenvalue weighted by molar-refractivity contribution is 5.94. The molecule has 8 heteroatoms. The second-order valence-corrected chi connectivity index (χ2v) is 9.10. The number of pyridine rings is 1. The van der Waals surface area contributed by atoms with Gasteiger partial charge in [0.05, 0.1) is 18.9 Å². The standard InChI is InChI=1S/C30H28N6O2/c37-29(31-21-24-7-4-5-10-26(24)35-17-19-38-20-18-35)23-15-13-22(14-16-23)27-11-6-12-28-33-30(34-36(27)28)32-25-8-2-1-3-9-25/h1-16H,17-21H2,(H,31,37)(H,32,34). The lowest BCUT2D eigenvalue weighted by atomic mass is 10.1. The van der Waals surface area contributed by atoms with Crippen LogP contribution in [0.1, 0.15) is 15.9 Å². The minimum atomic E-state index is -0.110. The van der Waals surface area contributed by atoms with Crippen molar-refractivity contribution in [2.45, 2.75) is 6.54 Å². The van der Waals surface area contributed by atoms with Gasteiger partial charge < -0.3 is 20.3 Å². The molecule has 0 radical (unpaired) electrons. The van der Waals surface area contributed by atoms with Crippen LogP contribution in [0.4, 0.5) is 17.3 Å². The van der Waals surface area contributed by atoms with Crippen molar-refractivity contribution in [1.82, 2.24) is 19.9 Å². The average molecular weight is 505 g/mol. The van der Waals surface area contributed by atoms with Crippen LogP contribution in [0.2, 0.25) is 0 Å². The second-order valence-electron chi connectivity index (χ2n) is 9.10. The highest BCUT2D eigenvalue weighted by atomic mass is 16.5. The average Bonchev–Trinajstić information content (AvgIpc) is 3.40. The summed E-state index contributed by atoms with van der Waals surface area (Å²) in [7, 11) is 0. The molecule has 1 amide bonds. The Hall–Kier alpha value is -4.69. The van der Waals surface area contributed by atoms with Gasteiger partial charge in [-0.2, -0.15) is 4.98 Å². The van der Waals surface area contributed by atoms with Crippen molar-refractivity contribution >= 4 is 28.9 Å². The number of para-hydroxylation sites is 2. The number of hydrogen-bond donors (Lipinski definition) is 2. The molecule has 1 aliphatic heterocycles. The summed E-state index contributed by atoms with van der Waals surface area (Å²) >= 11 is 0. The first-order chi connectivity index (χ1) is 18.7. The zero-order chi connectivity index (χ0) is 25.7. The van der Waals surface area contributed by atoms with Crippen LogP contribution in [0.5, 0.6) is 0 Å². The van der Waals surface area contributed by atoms with Crippen LogP contribution in [0.25, 0.3) is 16.9 Å². The predicted molar refractivity (Wildman–Crippen MR) is 149 cm³/mol. The first kappa shape index (κ1) is 23.7. The Kier molecular flexibility index (Phi) is 6.70. The number of hydrogen-bond acceptors (Lipinski definition) is 6. The summed E-state index contributed by atoms with van der Waals surface area (Å²) in [5, 5.41) is 11.0. The van der Waals surface area contributed by atoms with Crippen LogP contribution >= 0.6 is 0 Å². The number of rotatable bonds is 7. The number of benzene rings is 3. The summed E-state index contributed by atoms with van der Waals surface area (Å²) in [6.45, 7) is 3.62. The van der Waals surface area contributed by atoms with Gasteiger partial charge in [0.15, 0.2) is 5.65 Å². The van der Waals surface area contributed by atoms with Crippen LogP contribution in [-0.2, 0) is 11.3 Å². The Morgan fingerprint density at radius 3 is 2.42 bits per heavy atom. The molecule has 38 heavy (non-hydrogen) atoms. The Balaban J connectivity index is 1.16. The summed E-state index contributed by atoms with van der Waals surface area (Å²) in [6, 6.07) is 31.5. The summed E-state index contributed by atoms with van der Waals surface area (Å²) in [5.74, 6) is 0.415. The number of anilines is 3. The number of nitrogens with one attached hydrogen (secondary N) is 2. The van der Waals surface area contributed by atoms with Crippen LogP contribution in [0.3, 0.4) is 0 Å². The molecule has 0 spiro atoms. The van der Waals surface area contributed by atoms with Crippen molar-refractivity contribution in [3.8, 4) is 11.3 Å². The molecule has 5 aromatic rings. The van der Waals surface area contributed by atoms with E-state index in [2.05, 4.69) is 37.7 Å². The molecule has 1 saturated heterocycles. The molecule has 8 nitrogen and oxygen atoms in total. The van der Waals surface area contributed by atoms with E-state index in [1.54, 1.807) is 0 Å². The van der Waals surface area contributed by atoms with Gasteiger partial charge in [-0.1, -0.05) is 54.6 Å². The van der Waals surface area contributed by atoms with Crippen LogP contribution < -0.4 is 15.5 Å². The maximum absolute atomic E-state index is 13.0. The van der Waals surface area contributed by atoms with Gasteiger partial charge in [0, 0.05) is 42.1 Å². The third kappa shape index (κ3) is 5.07. The van der Waals surface area contributed by atoms with E-state index < -0.39 is 0 Å². The number of carbonyl (C=O) groups is 1. The van der Waals surface area contributed by atoms with E-state index in [-0.39, 0.29) is 5.91 Å². The first-order valence-electron chi connectivity index (χ1n) is 12.7. The third-order valence-corrected chi connectivity index (χ3v) is 6.62. The van der Waals surface area contributed by atoms with E-state index in [9.17, 15) is 4.79 Å². The van der Waals surface area contributed by atoms with Crippen molar-refractivity contribution in [3.63, 3.8) is 0 Å². The van der Waals surface area contributed by atoms with Gasteiger partial charge in [0.1, 0.15) is 0 Å². The van der Waals surface area contributed by atoms with Crippen molar-refractivity contribution in [2.75, 3.05) is 36.5 Å². The maximum Gasteiger partial charge on any atom is 0.251 e. The molecule has 190 valence electrons. The number of carbonyl (C=O) groups excluding carboxylic acids is 1. The lowest BCUT2D eigenvalue weighted by Gasteiger charge is -2.30. The summed E-state index contributed by atoms with van der Waals surface area (Å²) < 4.78 is 7.29. The molecule has 6 rings (SSSR count). The minimum absolute atomic E-state index is 0.110. The monoisotopic (exact) mass is 504 g/mol. The molecule has 3 heterocycles. The fourth-order valence-electron chi connectivity index (χ4n) is 4.67. The second kappa shape index (κ2) is 10.7. The molecule has 0 unspecified atom stereocenters. The molecule has 2 aromatic heterocycles. The van der Waals surface area contributed by atoms with Gasteiger partial charge in [0.25, 0.3) is 5.91 Å². The Morgan fingerprint density at radius 1 is 0.842 bits per heavy atom. The molecule has 1 aliphatic rings. The number of nitrogens with zero attached hydrogens (tertiary/aromatic N) is 4. The van der Waals surface area contributed by atoms with Gasteiger partial charge in [0.2, 0.25) is 5.95 Å². The number of fused-ring (bicyclic) bond motifs is 1.